The van der Waals surface area contributed by atoms with Crippen molar-refractivity contribution in [1.82, 2.24) is 4.72 Å². The van der Waals surface area contributed by atoms with Crippen molar-refractivity contribution in [3.63, 3.8) is 0 Å². The number of thiophene rings is 1. The van der Waals surface area contributed by atoms with Gasteiger partial charge in [-0.25, -0.2) is 13.1 Å². The van der Waals surface area contributed by atoms with E-state index in [4.69, 9.17) is 5.73 Å². The normalized spacial score (nSPS) is 17.9. The summed E-state index contributed by atoms with van der Waals surface area (Å²) < 4.78 is 27.6. The Hall–Kier alpha value is -0.430. The van der Waals surface area contributed by atoms with Gasteiger partial charge < -0.3 is 5.73 Å². The molecule has 102 valence electrons. The van der Waals surface area contributed by atoms with E-state index in [0.29, 0.717) is 10.8 Å². The molecule has 1 unspecified atom stereocenters. The van der Waals surface area contributed by atoms with Crippen molar-refractivity contribution in [1.29, 1.82) is 0 Å². The number of nitrogens with one attached hydrogen (secondary N) is 1. The number of sulfonamides is 1. The smallest absolute Gasteiger partial charge is 0.250 e. The van der Waals surface area contributed by atoms with Crippen molar-refractivity contribution < 1.29 is 8.42 Å². The molecule has 4 nitrogen and oxygen atoms in total. The number of nitrogens with two attached hydrogens (primary N) is 1. The lowest BCUT2D eigenvalue weighted by atomic mass is 10.1. The van der Waals surface area contributed by atoms with Gasteiger partial charge in [0.15, 0.2) is 0 Å². The molecule has 0 radical (unpaired) electrons. The van der Waals surface area contributed by atoms with Gasteiger partial charge in [-0.05, 0) is 35.8 Å². The van der Waals surface area contributed by atoms with E-state index < -0.39 is 10.0 Å². The highest BCUT2D eigenvalue weighted by atomic mass is 32.2. The maximum atomic E-state index is 12.2. The molecule has 1 aliphatic rings. The maximum Gasteiger partial charge on any atom is 0.250 e. The zero-order chi connectivity index (χ0) is 13.2. The summed E-state index contributed by atoms with van der Waals surface area (Å²) >= 11 is 1.24. The average molecular weight is 288 g/mol. The SMILES string of the molecule is CCC(CC1CC1)NS(=O)(=O)c1cc(CN)cs1. The van der Waals surface area contributed by atoms with Gasteiger partial charge in [0.1, 0.15) is 4.21 Å². The van der Waals surface area contributed by atoms with E-state index in [0.717, 1.165) is 24.3 Å². The van der Waals surface area contributed by atoms with E-state index >= 15 is 0 Å². The summed E-state index contributed by atoms with van der Waals surface area (Å²) in [6.07, 6.45) is 4.29. The summed E-state index contributed by atoms with van der Waals surface area (Å²) in [5.74, 6) is 0.723. The molecule has 1 aliphatic carbocycles. The van der Waals surface area contributed by atoms with Gasteiger partial charge in [0.25, 0.3) is 0 Å². The summed E-state index contributed by atoms with van der Waals surface area (Å²) in [7, 11) is -3.37. The fraction of sp³-hybridized carbons (Fsp3) is 0.667. The third-order valence-corrected chi connectivity index (χ3v) is 6.27. The van der Waals surface area contributed by atoms with Crippen LogP contribution < -0.4 is 10.5 Å². The van der Waals surface area contributed by atoms with E-state index in [1.54, 1.807) is 11.4 Å². The van der Waals surface area contributed by atoms with E-state index in [1.807, 2.05) is 6.92 Å². The molecule has 1 aromatic heterocycles. The van der Waals surface area contributed by atoms with Crippen LogP contribution >= 0.6 is 11.3 Å². The highest BCUT2D eigenvalue weighted by Crippen LogP contribution is 2.34. The topological polar surface area (TPSA) is 72.2 Å². The number of rotatable bonds is 7. The van der Waals surface area contributed by atoms with Gasteiger partial charge in [0, 0.05) is 12.6 Å². The second-order valence-electron chi connectivity index (χ2n) is 4.88. The van der Waals surface area contributed by atoms with Crippen LogP contribution in [0, 0.1) is 5.92 Å². The maximum absolute atomic E-state index is 12.2. The van der Waals surface area contributed by atoms with Gasteiger partial charge in [0.05, 0.1) is 0 Å². The van der Waals surface area contributed by atoms with E-state index in [-0.39, 0.29) is 6.04 Å². The van der Waals surface area contributed by atoms with Crippen molar-refractivity contribution in [3.8, 4) is 0 Å². The van der Waals surface area contributed by atoms with E-state index in [9.17, 15) is 8.42 Å². The molecule has 1 saturated carbocycles. The van der Waals surface area contributed by atoms with Crippen LogP contribution in [0.3, 0.4) is 0 Å². The van der Waals surface area contributed by atoms with Crippen LogP contribution in [-0.4, -0.2) is 14.5 Å². The second-order valence-corrected chi connectivity index (χ2v) is 7.74. The van der Waals surface area contributed by atoms with Crippen LogP contribution in [0.5, 0.6) is 0 Å². The predicted molar refractivity (Wildman–Crippen MR) is 74.0 cm³/mol. The first-order valence-electron chi connectivity index (χ1n) is 6.35. The molecule has 1 aromatic rings. The third kappa shape index (κ3) is 3.54. The first kappa shape index (κ1) is 14.0. The van der Waals surface area contributed by atoms with Gasteiger partial charge in [-0.2, -0.15) is 0 Å². The molecule has 1 atom stereocenters. The lowest BCUT2D eigenvalue weighted by Gasteiger charge is -2.15. The minimum atomic E-state index is -3.37. The highest BCUT2D eigenvalue weighted by molar-refractivity contribution is 7.91. The molecule has 0 amide bonds. The molecule has 0 aliphatic heterocycles. The first-order valence-corrected chi connectivity index (χ1v) is 8.71. The largest absolute Gasteiger partial charge is 0.326 e. The molecule has 0 aromatic carbocycles. The van der Waals surface area contributed by atoms with Gasteiger partial charge in [-0.3, -0.25) is 0 Å². The Morgan fingerprint density at radius 2 is 2.28 bits per heavy atom. The Bertz CT molecular complexity index is 492. The quantitative estimate of drug-likeness (QED) is 0.806. The minimum Gasteiger partial charge on any atom is -0.326 e. The van der Waals surface area contributed by atoms with Crippen molar-refractivity contribution in [3.05, 3.63) is 17.0 Å². The molecule has 2 rings (SSSR count). The number of hydrogen-bond acceptors (Lipinski definition) is 4. The van der Waals surface area contributed by atoms with E-state index in [1.165, 1.54) is 24.2 Å². The van der Waals surface area contributed by atoms with Crippen LogP contribution in [0.2, 0.25) is 0 Å². The highest BCUT2D eigenvalue weighted by Gasteiger charge is 2.28. The molecular formula is C12H20N2O2S2. The van der Waals surface area contributed by atoms with Crippen LogP contribution in [0.4, 0.5) is 0 Å². The fourth-order valence-corrected chi connectivity index (χ4v) is 4.50. The third-order valence-electron chi connectivity index (χ3n) is 3.26. The fourth-order valence-electron chi connectivity index (χ4n) is 1.93. The summed E-state index contributed by atoms with van der Waals surface area (Å²) in [5, 5.41) is 1.80. The Balaban J connectivity index is 2.04. The summed E-state index contributed by atoms with van der Waals surface area (Å²) in [6.45, 7) is 2.40. The summed E-state index contributed by atoms with van der Waals surface area (Å²) in [5.41, 5.74) is 6.37. The minimum absolute atomic E-state index is 0.0610. The first-order chi connectivity index (χ1) is 8.55. The van der Waals surface area contributed by atoms with Gasteiger partial charge in [-0.15, -0.1) is 11.3 Å². The molecule has 18 heavy (non-hydrogen) atoms. The van der Waals surface area contributed by atoms with Crippen LogP contribution in [0.25, 0.3) is 0 Å². The monoisotopic (exact) mass is 288 g/mol. The molecule has 1 fully saturated rings. The second kappa shape index (κ2) is 5.69. The number of hydrogen-bond donors (Lipinski definition) is 2. The molecule has 0 spiro atoms. The zero-order valence-corrected chi connectivity index (χ0v) is 12.2. The molecule has 1 heterocycles. The molecule has 6 heteroatoms. The Morgan fingerprint density at radius 3 is 2.78 bits per heavy atom. The van der Waals surface area contributed by atoms with Crippen molar-refractivity contribution in [2.45, 2.75) is 49.4 Å². The van der Waals surface area contributed by atoms with Crippen LogP contribution in [0.1, 0.15) is 38.2 Å². The van der Waals surface area contributed by atoms with Gasteiger partial charge in [-0.1, -0.05) is 19.8 Å². The van der Waals surface area contributed by atoms with Crippen molar-refractivity contribution >= 4 is 21.4 Å². The molecular weight excluding hydrogens is 268 g/mol. The van der Waals surface area contributed by atoms with Crippen LogP contribution in [-0.2, 0) is 16.6 Å². The Morgan fingerprint density at radius 1 is 1.56 bits per heavy atom. The summed E-state index contributed by atoms with van der Waals surface area (Å²) in [6, 6.07) is 1.72. The molecule has 3 N–H and O–H groups in total. The predicted octanol–water partition coefficient (Wildman–Crippen LogP) is 2.06. The van der Waals surface area contributed by atoms with Crippen LogP contribution in [0.15, 0.2) is 15.7 Å². The van der Waals surface area contributed by atoms with Gasteiger partial charge in [0.2, 0.25) is 10.0 Å². The van der Waals surface area contributed by atoms with Crippen molar-refractivity contribution in [2.75, 3.05) is 0 Å². The Kier molecular flexibility index (Phi) is 4.42. The average Bonchev–Trinajstić information content (AvgIpc) is 3.01. The van der Waals surface area contributed by atoms with Crippen molar-refractivity contribution in [2.24, 2.45) is 11.7 Å². The molecule has 0 bridgehead atoms. The lowest BCUT2D eigenvalue weighted by molar-refractivity contribution is 0.496. The Labute approximate surface area is 113 Å². The molecule has 0 saturated heterocycles. The van der Waals surface area contributed by atoms with Gasteiger partial charge >= 0.3 is 0 Å². The standard InChI is InChI=1S/C12H20N2O2S2/c1-2-11(5-9-3-4-9)14-18(15,16)12-6-10(7-13)8-17-12/h6,8-9,11,14H,2-5,7,13H2,1H3. The summed E-state index contributed by atoms with van der Waals surface area (Å²) in [4.78, 5) is 0. The zero-order valence-electron chi connectivity index (χ0n) is 10.6. The van der Waals surface area contributed by atoms with E-state index in [2.05, 4.69) is 4.72 Å². The lowest BCUT2D eigenvalue weighted by Crippen LogP contribution is -2.34.